The Morgan fingerprint density at radius 3 is 2.83 bits per heavy atom. The zero-order valence-electron chi connectivity index (χ0n) is 15.3. The first-order valence-electron chi connectivity index (χ1n) is 8.69. The van der Waals surface area contributed by atoms with E-state index in [1.54, 1.807) is 30.5 Å². The minimum Gasteiger partial charge on any atom is -0.333 e. The number of thioether (sulfide) groups is 1. The molecule has 144 valence electrons. The molecule has 0 saturated heterocycles. The Labute approximate surface area is 176 Å². The Kier molecular flexibility index (Phi) is 5.33. The third-order valence-corrected chi connectivity index (χ3v) is 5.29. The summed E-state index contributed by atoms with van der Waals surface area (Å²) < 4.78 is 0. The number of benzene rings is 2. The van der Waals surface area contributed by atoms with E-state index < -0.39 is 0 Å². The first-order chi connectivity index (χ1) is 14.0. The summed E-state index contributed by atoms with van der Waals surface area (Å²) in [7, 11) is 0. The number of hydrogen-bond donors (Lipinski definition) is 2. The molecule has 3 aromatic rings. The highest BCUT2D eigenvalue weighted by atomic mass is 35.5. The summed E-state index contributed by atoms with van der Waals surface area (Å²) in [5.74, 6) is -0.489. The average molecular weight is 423 g/mol. The van der Waals surface area contributed by atoms with Gasteiger partial charge < -0.3 is 10.6 Å². The van der Waals surface area contributed by atoms with Crippen molar-refractivity contribution in [2.45, 2.75) is 6.92 Å². The topological polar surface area (TPSA) is 83.5 Å². The minimum atomic E-state index is -0.310. The van der Waals surface area contributed by atoms with Crippen molar-refractivity contribution in [1.29, 1.82) is 0 Å². The predicted octanol–water partition coefficient (Wildman–Crippen LogP) is 4.93. The molecular weight excluding hydrogens is 408 g/mol. The van der Waals surface area contributed by atoms with Gasteiger partial charge in [-0.25, -0.2) is 0 Å². The number of hydrogen-bond acceptors (Lipinski definition) is 5. The molecule has 0 atom stereocenters. The number of pyridine rings is 1. The molecule has 0 bridgehead atoms. The van der Waals surface area contributed by atoms with Gasteiger partial charge in [0.1, 0.15) is 0 Å². The van der Waals surface area contributed by atoms with E-state index in [4.69, 9.17) is 11.6 Å². The molecule has 6 nitrogen and oxygen atoms in total. The standard InChI is InChI=1S/C21H15ClN4O2S/c1-12(27)24-15-5-7-18(16(22)11-15)25-21-26-20(28)19(29-21)10-13-4-6-17-14(9-13)3-2-8-23-17/h2-11H,1H3,(H,24,27)(H,25,26,28). The van der Waals surface area contributed by atoms with E-state index in [-0.39, 0.29) is 11.8 Å². The van der Waals surface area contributed by atoms with Crippen LogP contribution in [0.5, 0.6) is 0 Å². The summed E-state index contributed by atoms with van der Waals surface area (Å²) in [6.45, 7) is 1.43. The molecule has 2 aromatic carbocycles. The van der Waals surface area contributed by atoms with Crippen molar-refractivity contribution in [3.63, 3.8) is 0 Å². The van der Waals surface area contributed by atoms with Crippen molar-refractivity contribution >= 4 is 68.7 Å². The van der Waals surface area contributed by atoms with E-state index in [2.05, 4.69) is 20.6 Å². The largest absolute Gasteiger partial charge is 0.333 e. The van der Waals surface area contributed by atoms with Gasteiger partial charge in [0.15, 0.2) is 5.17 Å². The highest BCUT2D eigenvalue weighted by Crippen LogP contribution is 2.32. The Hall–Kier alpha value is -3.16. The highest BCUT2D eigenvalue weighted by molar-refractivity contribution is 8.18. The van der Waals surface area contributed by atoms with Gasteiger partial charge in [-0.1, -0.05) is 23.7 Å². The molecule has 0 unspecified atom stereocenters. The maximum atomic E-state index is 12.3. The molecule has 29 heavy (non-hydrogen) atoms. The zero-order chi connectivity index (χ0) is 20.4. The van der Waals surface area contributed by atoms with Gasteiger partial charge in [0, 0.05) is 24.2 Å². The Morgan fingerprint density at radius 2 is 2.03 bits per heavy atom. The van der Waals surface area contributed by atoms with Gasteiger partial charge in [0.2, 0.25) is 5.91 Å². The number of aromatic nitrogens is 1. The molecule has 1 aliphatic heterocycles. The van der Waals surface area contributed by atoms with Crippen LogP contribution in [0.3, 0.4) is 0 Å². The number of carbonyl (C=O) groups excluding carboxylic acids is 2. The van der Waals surface area contributed by atoms with Crippen LogP contribution in [0, 0.1) is 0 Å². The predicted molar refractivity (Wildman–Crippen MR) is 119 cm³/mol. The molecule has 1 aromatic heterocycles. The third kappa shape index (κ3) is 4.47. The van der Waals surface area contributed by atoms with Crippen LogP contribution in [0.1, 0.15) is 12.5 Å². The Bertz CT molecular complexity index is 1210. The molecule has 0 saturated carbocycles. The van der Waals surface area contributed by atoms with Crippen LogP contribution >= 0.6 is 23.4 Å². The lowest BCUT2D eigenvalue weighted by atomic mass is 10.1. The monoisotopic (exact) mass is 422 g/mol. The number of aliphatic imine (C=N–C) groups is 1. The lowest BCUT2D eigenvalue weighted by Gasteiger charge is -2.09. The number of nitrogens with one attached hydrogen (secondary N) is 2. The van der Waals surface area contributed by atoms with Gasteiger partial charge in [-0.3, -0.25) is 14.6 Å². The van der Waals surface area contributed by atoms with Crippen molar-refractivity contribution in [2.24, 2.45) is 4.99 Å². The van der Waals surface area contributed by atoms with Gasteiger partial charge >= 0.3 is 0 Å². The summed E-state index contributed by atoms with van der Waals surface area (Å²) in [4.78, 5) is 32.3. The second kappa shape index (κ2) is 8.06. The molecule has 4 rings (SSSR count). The van der Waals surface area contributed by atoms with Gasteiger partial charge in [-0.2, -0.15) is 4.99 Å². The molecule has 8 heteroatoms. The van der Waals surface area contributed by atoms with Gasteiger partial charge in [-0.15, -0.1) is 0 Å². The van der Waals surface area contributed by atoms with Crippen LogP contribution in [0.4, 0.5) is 11.4 Å². The van der Waals surface area contributed by atoms with Gasteiger partial charge in [-0.05, 0) is 59.8 Å². The number of carbonyl (C=O) groups is 2. The van der Waals surface area contributed by atoms with Gasteiger partial charge in [0.05, 0.1) is 21.1 Å². The van der Waals surface area contributed by atoms with Crippen molar-refractivity contribution in [3.8, 4) is 0 Å². The summed E-state index contributed by atoms with van der Waals surface area (Å²) in [6.07, 6.45) is 3.55. The number of nitrogens with zero attached hydrogens (tertiary/aromatic N) is 2. The van der Waals surface area contributed by atoms with E-state index >= 15 is 0 Å². The zero-order valence-corrected chi connectivity index (χ0v) is 16.8. The molecule has 1 aliphatic rings. The number of rotatable bonds is 3. The van der Waals surface area contributed by atoms with E-state index in [1.807, 2.05) is 30.3 Å². The fraction of sp³-hybridized carbons (Fsp3) is 0.0476. The second-order valence-corrected chi connectivity index (χ2v) is 7.73. The molecule has 2 amide bonds. The molecular formula is C21H15ClN4O2S. The van der Waals surface area contributed by atoms with E-state index in [1.165, 1.54) is 18.7 Å². The number of halogens is 1. The molecule has 0 radical (unpaired) electrons. The first kappa shape index (κ1) is 19.2. The number of fused-ring (bicyclic) bond motifs is 1. The van der Waals surface area contributed by atoms with Gasteiger partial charge in [0.25, 0.3) is 5.91 Å². The third-order valence-electron chi connectivity index (χ3n) is 4.08. The normalized spacial score (nSPS) is 14.9. The summed E-state index contributed by atoms with van der Waals surface area (Å²) >= 11 is 7.51. The van der Waals surface area contributed by atoms with Crippen molar-refractivity contribution in [1.82, 2.24) is 4.98 Å². The van der Waals surface area contributed by atoms with Crippen LogP contribution in [0.25, 0.3) is 17.0 Å². The van der Waals surface area contributed by atoms with E-state index in [0.29, 0.717) is 26.5 Å². The molecule has 2 heterocycles. The molecule has 0 aliphatic carbocycles. The minimum absolute atomic E-state index is 0.178. The molecule has 0 spiro atoms. The number of amides is 2. The smallest absolute Gasteiger partial charge is 0.286 e. The number of anilines is 2. The lowest BCUT2D eigenvalue weighted by Crippen LogP contribution is -2.08. The summed E-state index contributed by atoms with van der Waals surface area (Å²) in [6, 6.07) is 14.7. The highest BCUT2D eigenvalue weighted by Gasteiger charge is 2.22. The quantitative estimate of drug-likeness (QED) is 0.585. The molecule has 2 N–H and O–H groups in total. The Balaban J connectivity index is 1.50. The second-order valence-electron chi connectivity index (χ2n) is 6.29. The maximum absolute atomic E-state index is 12.3. The van der Waals surface area contributed by atoms with Crippen molar-refractivity contribution in [3.05, 3.63) is 70.2 Å². The fourth-order valence-electron chi connectivity index (χ4n) is 2.81. The number of amidine groups is 1. The van der Waals surface area contributed by atoms with Crippen molar-refractivity contribution < 1.29 is 9.59 Å². The lowest BCUT2D eigenvalue weighted by molar-refractivity contribution is -0.114. The van der Waals surface area contributed by atoms with Crippen LogP contribution in [0.2, 0.25) is 5.02 Å². The first-order valence-corrected chi connectivity index (χ1v) is 9.89. The van der Waals surface area contributed by atoms with E-state index in [0.717, 1.165) is 16.5 Å². The van der Waals surface area contributed by atoms with Crippen molar-refractivity contribution in [2.75, 3.05) is 10.6 Å². The van der Waals surface area contributed by atoms with E-state index in [9.17, 15) is 9.59 Å². The fourth-order valence-corrected chi connectivity index (χ4v) is 3.86. The van der Waals surface area contributed by atoms with Crippen LogP contribution in [-0.4, -0.2) is 22.0 Å². The van der Waals surface area contributed by atoms with Crippen LogP contribution in [-0.2, 0) is 9.59 Å². The summed E-state index contributed by atoms with van der Waals surface area (Å²) in [5.41, 5.74) is 2.99. The average Bonchev–Trinajstić information content (AvgIpc) is 3.02. The SMILES string of the molecule is CC(=O)Nc1ccc(NC2=NC(=O)C(=Cc3ccc4ncccc4c3)S2)c(Cl)c1. The van der Waals surface area contributed by atoms with Crippen LogP contribution in [0.15, 0.2) is 64.6 Å². The summed E-state index contributed by atoms with van der Waals surface area (Å²) in [5, 5.41) is 7.58. The maximum Gasteiger partial charge on any atom is 0.286 e. The Morgan fingerprint density at radius 1 is 1.17 bits per heavy atom. The molecule has 0 fully saturated rings. The van der Waals surface area contributed by atoms with Crippen LogP contribution < -0.4 is 10.6 Å².